The summed E-state index contributed by atoms with van der Waals surface area (Å²) in [5.74, 6) is 0. The summed E-state index contributed by atoms with van der Waals surface area (Å²) in [6.07, 6.45) is 3.71. The number of azide groups is 1. The number of halogens is 1. The van der Waals surface area contributed by atoms with Gasteiger partial charge in [0.25, 0.3) is 0 Å². The predicted octanol–water partition coefficient (Wildman–Crippen LogP) is 4.23. The number of rotatable bonds is 10. The van der Waals surface area contributed by atoms with E-state index < -0.39 is 0 Å². The average Bonchev–Trinajstić information content (AvgIpc) is 2.46. The van der Waals surface area contributed by atoms with Crippen molar-refractivity contribution in [1.82, 2.24) is 0 Å². The van der Waals surface area contributed by atoms with E-state index >= 15 is 0 Å². The van der Waals surface area contributed by atoms with E-state index in [2.05, 4.69) is 10.0 Å². The van der Waals surface area contributed by atoms with Gasteiger partial charge in [0.15, 0.2) is 0 Å². The molecule has 0 amide bonds. The van der Waals surface area contributed by atoms with Crippen LogP contribution >= 0.6 is 11.6 Å². The van der Waals surface area contributed by atoms with Crippen molar-refractivity contribution in [3.8, 4) is 0 Å². The molecular formula is C14H21ClN4O. The topological polar surface area (TPSA) is 84.0 Å². The van der Waals surface area contributed by atoms with Gasteiger partial charge in [0, 0.05) is 35.7 Å². The Labute approximate surface area is 124 Å². The maximum Gasteiger partial charge on any atom is 0.0484 e. The van der Waals surface area contributed by atoms with E-state index in [9.17, 15) is 0 Å². The number of hydrogen-bond donors (Lipinski definition) is 1. The molecule has 0 spiro atoms. The highest BCUT2D eigenvalue weighted by Crippen LogP contribution is 2.17. The normalized spacial score (nSPS) is 11.9. The zero-order chi connectivity index (χ0) is 14.6. The zero-order valence-electron chi connectivity index (χ0n) is 11.5. The third-order valence-electron chi connectivity index (χ3n) is 2.98. The number of nitrogens with zero attached hydrogens (tertiary/aromatic N) is 3. The molecule has 6 heteroatoms. The molecule has 0 saturated carbocycles. The van der Waals surface area contributed by atoms with Crippen molar-refractivity contribution < 1.29 is 4.74 Å². The maximum atomic E-state index is 8.11. The first-order chi connectivity index (χ1) is 9.74. The van der Waals surface area contributed by atoms with Crippen LogP contribution in [0.25, 0.3) is 10.4 Å². The molecule has 0 saturated heterocycles. The third kappa shape index (κ3) is 7.36. The molecule has 2 N–H and O–H groups in total. The van der Waals surface area contributed by atoms with Gasteiger partial charge in [-0.2, -0.15) is 0 Å². The molecule has 0 unspecified atom stereocenters. The maximum absolute atomic E-state index is 8.11. The van der Waals surface area contributed by atoms with Gasteiger partial charge in [0.05, 0.1) is 0 Å². The molecular weight excluding hydrogens is 276 g/mol. The van der Waals surface area contributed by atoms with Crippen molar-refractivity contribution in [2.75, 3.05) is 19.8 Å². The summed E-state index contributed by atoms with van der Waals surface area (Å²) in [4.78, 5) is 2.71. The van der Waals surface area contributed by atoms with Crippen LogP contribution in [0.15, 0.2) is 29.4 Å². The largest absolute Gasteiger partial charge is 0.381 e. The first-order valence-electron chi connectivity index (χ1n) is 6.83. The SMILES string of the molecule is [N-]=[N+]=NCCCCCOCC[C@H](N)c1ccc(Cl)cc1. The van der Waals surface area contributed by atoms with Gasteiger partial charge in [0.1, 0.15) is 0 Å². The molecule has 0 aliphatic heterocycles. The van der Waals surface area contributed by atoms with Crippen LogP contribution in [0.1, 0.15) is 37.3 Å². The van der Waals surface area contributed by atoms with Crippen LogP contribution < -0.4 is 5.73 Å². The van der Waals surface area contributed by atoms with Gasteiger partial charge in [0.2, 0.25) is 0 Å². The molecule has 0 radical (unpaired) electrons. The quantitative estimate of drug-likeness (QED) is 0.303. The highest BCUT2D eigenvalue weighted by Gasteiger charge is 2.05. The van der Waals surface area contributed by atoms with Gasteiger partial charge < -0.3 is 10.5 Å². The lowest BCUT2D eigenvalue weighted by molar-refractivity contribution is 0.123. The van der Waals surface area contributed by atoms with E-state index in [1.165, 1.54) is 0 Å². The Hall–Kier alpha value is -1.26. The summed E-state index contributed by atoms with van der Waals surface area (Å²) in [6.45, 7) is 1.95. The van der Waals surface area contributed by atoms with E-state index in [0.717, 1.165) is 42.9 Å². The van der Waals surface area contributed by atoms with Gasteiger partial charge in [-0.05, 0) is 42.5 Å². The highest BCUT2D eigenvalue weighted by molar-refractivity contribution is 6.30. The van der Waals surface area contributed by atoms with Gasteiger partial charge in [-0.25, -0.2) is 0 Å². The van der Waals surface area contributed by atoms with Gasteiger partial charge in [-0.15, -0.1) is 0 Å². The Morgan fingerprint density at radius 1 is 1.20 bits per heavy atom. The fourth-order valence-corrected chi connectivity index (χ4v) is 1.92. The molecule has 20 heavy (non-hydrogen) atoms. The lowest BCUT2D eigenvalue weighted by Gasteiger charge is -2.12. The van der Waals surface area contributed by atoms with Crippen LogP contribution in [0, 0.1) is 0 Å². The smallest absolute Gasteiger partial charge is 0.0484 e. The second kappa shape index (κ2) is 10.5. The minimum Gasteiger partial charge on any atom is -0.381 e. The van der Waals surface area contributed by atoms with Gasteiger partial charge in [-0.1, -0.05) is 35.3 Å². The standard InChI is InChI=1S/C14H21ClN4O/c15-13-6-4-12(5-7-13)14(16)8-11-20-10-3-1-2-9-18-19-17/h4-7,14H,1-3,8-11,16H2/t14-/m0/s1. The monoisotopic (exact) mass is 296 g/mol. The molecule has 1 atom stereocenters. The first kappa shape index (κ1) is 16.8. The Bertz CT molecular complexity index is 418. The lowest BCUT2D eigenvalue weighted by atomic mass is 10.1. The van der Waals surface area contributed by atoms with E-state index in [4.69, 9.17) is 27.6 Å². The second-order valence-corrected chi connectivity index (χ2v) is 5.01. The van der Waals surface area contributed by atoms with Crippen LogP contribution in [0.3, 0.4) is 0 Å². The van der Waals surface area contributed by atoms with E-state index in [0.29, 0.717) is 13.2 Å². The van der Waals surface area contributed by atoms with E-state index in [-0.39, 0.29) is 6.04 Å². The number of unbranched alkanes of at least 4 members (excludes halogenated alkanes) is 2. The lowest BCUT2D eigenvalue weighted by Crippen LogP contribution is -2.13. The Balaban J connectivity index is 2.03. The summed E-state index contributed by atoms with van der Waals surface area (Å²) in [6, 6.07) is 7.57. The number of ether oxygens (including phenoxy) is 1. The molecule has 0 aliphatic rings. The van der Waals surface area contributed by atoms with Crippen molar-refractivity contribution in [3.63, 3.8) is 0 Å². The van der Waals surface area contributed by atoms with Crippen molar-refractivity contribution in [2.45, 2.75) is 31.7 Å². The minimum absolute atomic E-state index is 0.0165. The van der Waals surface area contributed by atoms with Gasteiger partial charge in [-0.3, -0.25) is 0 Å². The summed E-state index contributed by atoms with van der Waals surface area (Å²) >= 11 is 5.83. The first-order valence-corrected chi connectivity index (χ1v) is 7.21. The Kier molecular flexibility index (Phi) is 8.83. The van der Waals surface area contributed by atoms with Crippen LogP contribution in [0.5, 0.6) is 0 Å². The summed E-state index contributed by atoms with van der Waals surface area (Å²) in [5.41, 5.74) is 15.3. The summed E-state index contributed by atoms with van der Waals surface area (Å²) in [7, 11) is 0. The van der Waals surface area contributed by atoms with E-state index in [1.807, 2.05) is 24.3 Å². The molecule has 0 bridgehead atoms. The van der Waals surface area contributed by atoms with Gasteiger partial charge >= 0.3 is 0 Å². The summed E-state index contributed by atoms with van der Waals surface area (Å²) in [5, 5.41) is 4.20. The third-order valence-corrected chi connectivity index (χ3v) is 3.23. The molecule has 0 aliphatic carbocycles. The highest BCUT2D eigenvalue weighted by atomic mass is 35.5. The molecule has 1 rings (SSSR count). The number of hydrogen-bond acceptors (Lipinski definition) is 3. The molecule has 110 valence electrons. The molecule has 0 heterocycles. The van der Waals surface area contributed by atoms with Crippen LogP contribution in [-0.4, -0.2) is 19.8 Å². The molecule has 0 aromatic heterocycles. The van der Waals surface area contributed by atoms with Crippen LogP contribution in [0.4, 0.5) is 0 Å². The average molecular weight is 297 g/mol. The van der Waals surface area contributed by atoms with Crippen LogP contribution in [0.2, 0.25) is 5.02 Å². The van der Waals surface area contributed by atoms with E-state index in [1.54, 1.807) is 0 Å². The summed E-state index contributed by atoms with van der Waals surface area (Å²) < 4.78 is 5.55. The Morgan fingerprint density at radius 3 is 2.65 bits per heavy atom. The second-order valence-electron chi connectivity index (χ2n) is 4.57. The fraction of sp³-hybridized carbons (Fsp3) is 0.571. The Morgan fingerprint density at radius 2 is 1.95 bits per heavy atom. The predicted molar refractivity (Wildman–Crippen MR) is 81.7 cm³/mol. The molecule has 5 nitrogen and oxygen atoms in total. The zero-order valence-corrected chi connectivity index (χ0v) is 12.3. The van der Waals surface area contributed by atoms with Crippen molar-refractivity contribution in [2.24, 2.45) is 10.8 Å². The van der Waals surface area contributed by atoms with Crippen molar-refractivity contribution >= 4 is 11.6 Å². The molecule has 1 aromatic rings. The number of benzene rings is 1. The van der Waals surface area contributed by atoms with Crippen molar-refractivity contribution in [1.29, 1.82) is 0 Å². The van der Waals surface area contributed by atoms with Crippen molar-refractivity contribution in [3.05, 3.63) is 45.3 Å². The fourth-order valence-electron chi connectivity index (χ4n) is 1.80. The van der Waals surface area contributed by atoms with Crippen LogP contribution in [-0.2, 0) is 4.74 Å². The minimum atomic E-state index is -0.0165. The number of nitrogens with two attached hydrogens (primary N) is 1. The molecule has 1 aromatic carbocycles. The molecule has 0 fully saturated rings.